The molecule has 104 valence electrons. The van der Waals surface area contributed by atoms with E-state index in [1.165, 1.54) is 16.4 Å². The zero-order valence-corrected chi connectivity index (χ0v) is 11.0. The summed E-state index contributed by atoms with van der Waals surface area (Å²) >= 11 is 0. The average Bonchev–Trinajstić information content (AvgIpc) is 2.39. The van der Waals surface area contributed by atoms with Crippen molar-refractivity contribution < 1.29 is 23.2 Å². The minimum Gasteiger partial charge on any atom is -0.423 e. The van der Waals surface area contributed by atoms with Crippen molar-refractivity contribution in [3.63, 3.8) is 0 Å². The summed E-state index contributed by atoms with van der Waals surface area (Å²) in [5.74, 6) is 0. The molecule has 1 aliphatic rings. The van der Waals surface area contributed by atoms with Gasteiger partial charge in [-0.25, -0.2) is 0 Å². The third-order valence-electron chi connectivity index (χ3n) is 2.79. The van der Waals surface area contributed by atoms with Crippen LogP contribution in [0.5, 0.6) is 0 Å². The molecule has 0 aliphatic carbocycles. The first-order valence-electron chi connectivity index (χ1n) is 5.81. The Balaban J connectivity index is 2.20. The van der Waals surface area contributed by atoms with Gasteiger partial charge in [0.1, 0.15) is 0 Å². The van der Waals surface area contributed by atoms with Crippen LogP contribution in [-0.2, 0) is 14.9 Å². The molecule has 0 radical (unpaired) electrons. The summed E-state index contributed by atoms with van der Waals surface area (Å²) in [5.41, 5.74) is 0.267. The highest BCUT2D eigenvalue weighted by Gasteiger charge is 2.26. The number of nitrogens with zero attached hydrogens (tertiary/aromatic N) is 1. The van der Waals surface area contributed by atoms with Crippen LogP contribution in [0.2, 0.25) is 0 Å². The van der Waals surface area contributed by atoms with Crippen molar-refractivity contribution in [3.05, 3.63) is 24.3 Å². The number of anilines is 1. The molecule has 0 bridgehead atoms. The van der Waals surface area contributed by atoms with Gasteiger partial charge in [-0.05, 0) is 6.07 Å². The van der Waals surface area contributed by atoms with Gasteiger partial charge in [-0.1, -0.05) is 18.2 Å². The number of benzene rings is 1. The Morgan fingerprint density at radius 3 is 2.47 bits per heavy atom. The molecule has 0 amide bonds. The van der Waals surface area contributed by atoms with E-state index in [1.54, 1.807) is 12.1 Å². The molecular formula is C10H15BN2O5S. The molecule has 1 aromatic rings. The monoisotopic (exact) mass is 286 g/mol. The van der Waals surface area contributed by atoms with Crippen LogP contribution >= 0.6 is 0 Å². The third-order valence-corrected chi connectivity index (χ3v) is 4.31. The molecule has 0 unspecified atom stereocenters. The van der Waals surface area contributed by atoms with Crippen LogP contribution in [0.3, 0.4) is 0 Å². The molecule has 2 rings (SSSR count). The number of hydrogen-bond donors (Lipinski definition) is 3. The Morgan fingerprint density at radius 2 is 1.84 bits per heavy atom. The molecule has 7 nitrogen and oxygen atoms in total. The first kappa shape index (κ1) is 14.3. The molecule has 19 heavy (non-hydrogen) atoms. The first-order valence-corrected chi connectivity index (χ1v) is 7.25. The number of para-hydroxylation sites is 1. The van der Waals surface area contributed by atoms with Crippen molar-refractivity contribution in [2.45, 2.75) is 0 Å². The van der Waals surface area contributed by atoms with Crippen LogP contribution in [0, 0.1) is 0 Å². The van der Waals surface area contributed by atoms with Gasteiger partial charge in [0, 0.05) is 24.2 Å². The molecule has 1 fully saturated rings. The molecule has 1 saturated heterocycles. The van der Waals surface area contributed by atoms with E-state index < -0.39 is 17.3 Å². The van der Waals surface area contributed by atoms with E-state index in [-0.39, 0.29) is 24.2 Å². The zero-order valence-electron chi connectivity index (χ0n) is 10.2. The van der Waals surface area contributed by atoms with Crippen molar-refractivity contribution in [2.24, 2.45) is 0 Å². The summed E-state index contributed by atoms with van der Waals surface area (Å²) < 4.78 is 33.0. The zero-order chi connectivity index (χ0) is 13.9. The van der Waals surface area contributed by atoms with E-state index in [1.807, 2.05) is 0 Å². The number of hydrogen-bond acceptors (Lipinski definition) is 5. The maximum absolute atomic E-state index is 12.1. The molecule has 3 N–H and O–H groups in total. The second-order valence-electron chi connectivity index (χ2n) is 4.08. The molecule has 1 aromatic carbocycles. The second kappa shape index (κ2) is 5.89. The summed E-state index contributed by atoms with van der Waals surface area (Å²) in [5, 5.41) is 18.4. The van der Waals surface area contributed by atoms with Gasteiger partial charge in [0.25, 0.3) is 0 Å². The Labute approximate surface area is 112 Å². The summed E-state index contributed by atoms with van der Waals surface area (Å²) in [6.45, 7) is 1.26. The smallest absolute Gasteiger partial charge is 0.423 e. The van der Waals surface area contributed by atoms with Crippen LogP contribution in [-0.4, -0.2) is 56.2 Å². The van der Waals surface area contributed by atoms with E-state index >= 15 is 0 Å². The predicted octanol–water partition coefficient (Wildman–Crippen LogP) is -1.64. The van der Waals surface area contributed by atoms with E-state index in [9.17, 15) is 18.5 Å². The minimum atomic E-state index is -3.71. The van der Waals surface area contributed by atoms with E-state index in [0.29, 0.717) is 13.2 Å². The van der Waals surface area contributed by atoms with Crippen LogP contribution < -0.4 is 10.2 Å². The van der Waals surface area contributed by atoms with Crippen molar-refractivity contribution in [3.8, 4) is 0 Å². The third kappa shape index (κ3) is 3.45. The SMILES string of the molecule is O=S(=O)(Nc1ccccc1B(O)O)N1CCOCC1. The van der Waals surface area contributed by atoms with Gasteiger partial charge in [0.15, 0.2) is 0 Å². The lowest BCUT2D eigenvalue weighted by molar-refractivity contribution is 0.0733. The van der Waals surface area contributed by atoms with E-state index in [2.05, 4.69) is 4.72 Å². The fraction of sp³-hybridized carbons (Fsp3) is 0.400. The summed E-state index contributed by atoms with van der Waals surface area (Å²) in [7, 11) is -5.44. The Kier molecular flexibility index (Phi) is 4.43. The number of ether oxygens (including phenoxy) is 1. The fourth-order valence-corrected chi connectivity index (χ4v) is 3.03. The molecule has 0 spiro atoms. The summed E-state index contributed by atoms with van der Waals surface area (Å²) in [6.07, 6.45) is 0. The quantitative estimate of drug-likeness (QED) is 0.576. The van der Waals surface area contributed by atoms with Crippen molar-refractivity contribution >= 4 is 28.5 Å². The number of nitrogens with one attached hydrogen (secondary N) is 1. The predicted molar refractivity (Wildman–Crippen MR) is 71.2 cm³/mol. The van der Waals surface area contributed by atoms with Gasteiger partial charge in [0.2, 0.25) is 0 Å². The molecule has 1 heterocycles. The lowest BCUT2D eigenvalue weighted by Crippen LogP contribution is -2.44. The highest BCUT2D eigenvalue weighted by Crippen LogP contribution is 2.11. The number of rotatable bonds is 4. The van der Waals surface area contributed by atoms with Gasteiger partial charge >= 0.3 is 17.3 Å². The van der Waals surface area contributed by atoms with Crippen LogP contribution in [0.15, 0.2) is 24.3 Å². The van der Waals surface area contributed by atoms with E-state index in [0.717, 1.165) is 0 Å². The van der Waals surface area contributed by atoms with Crippen LogP contribution in [0.1, 0.15) is 0 Å². The normalized spacial score (nSPS) is 17.2. The molecule has 0 aromatic heterocycles. The average molecular weight is 286 g/mol. The van der Waals surface area contributed by atoms with Gasteiger partial charge in [0.05, 0.1) is 13.2 Å². The van der Waals surface area contributed by atoms with Gasteiger partial charge in [-0.2, -0.15) is 12.7 Å². The van der Waals surface area contributed by atoms with Gasteiger partial charge in [-0.15, -0.1) is 0 Å². The number of morpholine rings is 1. The van der Waals surface area contributed by atoms with Crippen LogP contribution in [0.25, 0.3) is 0 Å². The van der Waals surface area contributed by atoms with E-state index in [4.69, 9.17) is 4.74 Å². The van der Waals surface area contributed by atoms with Crippen molar-refractivity contribution in [2.75, 3.05) is 31.0 Å². The Morgan fingerprint density at radius 1 is 1.21 bits per heavy atom. The Bertz CT molecular complexity index is 530. The summed E-state index contributed by atoms with van der Waals surface area (Å²) in [6, 6.07) is 6.14. The molecule has 9 heteroatoms. The topological polar surface area (TPSA) is 99.1 Å². The maximum Gasteiger partial charge on any atom is 0.490 e. The molecular weight excluding hydrogens is 271 g/mol. The lowest BCUT2D eigenvalue weighted by Gasteiger charge is -2.26. The highest BCUT2D eigenvalue weighted by molar-refractivity contribution is 7.90. The van der Waals surface area contributed by atoms with Crippen molar-refractivity contribution in [1.82, 2.24) is 4.31 Å². The first-order chi connectivity index (χ1) is 9.00. The minimum absolute atomic E-state index is 0.110. The fourth-order valence-electron chi connectivity index (χ4n) is 1.81. The highest BCUT2D eigenvalue weighted by atomic mass is 32.2. The maximum atomic E-state index is 12.1. The lowest BCUT2D eigenvalue weighted by atomic mass is 9.79. The van der Waals surface area contributed by atoms with Gasteiger partial charge < -0.3 is 14.8 Å². The second-order valence-corrected chi connectivity index (χ2v) is 5.75. The largest absolute Gasteiger partial charge is 0.490 e. The summed E-state index contributed by atoms with van der Waals surface area (Å²) in [4.78, 5) is 0. The molecule has 0 atom stereocenters. The molecule has 0 saturated carbocycles. The van der Waals surface area contributed by atoms with Gasteiger partial charge in [-0.3, -0.25) is 4.72 Å². The van der Waals surface area contributed by atoms with Crippen molar-refractivity contribution in [1.29, 1.82) is 0 Å². The Hall–Kier alpha value is -1.13. The standard InChI is InChI=1S/C10H15BN2O5S/c14-11(15)9-3-1-2-4-10(9)12-19(16,17)13-5-7-18-8-6-13/h1-4,12,14-15H,5-8H2. The molecule has 1 aliphatic heterocycles. The van der Waals surface area contributed by atoms with Crippen LogP contribution in [0.4, 0.5) is 5.69 Å².